The first-order chi connectivity index (χ1) is 18.7. The van der Waals surface area contributed by atoms with Crippen molar-refractivity contribution in [1.82, 2.24) is 4.98 Å². The monoisotopic (exact) mass is 553 g/mol. The third-order valence-corrected chi connectivity index (χ3v) is 7.02. The van der Waals surface area contributed by atoms with Gasteiger partial charge < -0.3 is 63.5 Å². The average molecular weight is 554 g/mol. The van der Waals surface area contributed by atoms with E-state index < -0.39 is 68.0 Å². The highest BCUT2D eigenvalue weighted by Crippen LogP contribution is 2.42. The molecule has 10 atom stereocenters. The van der Waals surface area contributed by atoms with E-state index in [9.17, 15) is 30.6 Å². The van der Waals surface area contributed by atoms with Gasteiger partial charge in [0.15, 0.2) is 17.8 Å². The molecule has 0 saturated carbocycles. The van der Waals surface area contributed by atoms with E-state index in [0.717, 1.165) is 0 Å². The van der Waals surface area contributed by atoms with Gasteiger partial charge in [-0.2, -0.15) is 0 Å². The number of nitrogens with zero attached hydrogens (tertiary/aromatic N) is 1. The van der Waals surface area contributed by atoms with Crippen LogP contribution in [0.3, 0.4) is 0 Å². The molecule has 0 spiro atoms. The van der Waals surface area contributed by atoms with Gasteiger partial charge in [-0.1, -0.05) is 0 Å². The lowest BCUT2D eigenvalue weighted by Gasteiger charge is -2.45. The van der Waals surface area contributed by atoms with Crippen molar-refractivity contribution in [2.45, 2.75) is 68.3 Å². The van der Waals surface area contributed by atoms with Gasteiger partial charge in [-0.15, -0.1) is 0 Å². The molecule has 0 bridgehead atoms. The summed E-state index contributed by atoms with van der Waals surface area (Å²) in [5, 5.41) is 63.0. The number of benzene rings is 1. The molecule has 2 saturated heterocycles. The summed E-state index contributed by atoms with van der Waals surface area (Å²) in [7, 11) is 2.93. The summed E-state index contributed by atoms with van der Waals surface area (Å²) in [6.45, 7) is 0.852. The molecule has 10 unspecified atom stereocenters. The normalized spacial score (nSPS) is 35.3. The maximum absolute atomic E-state index is 11.1. The minimum atomic E-state index is -1.74. The Kier molecular flexibility index (Phi) is 7.83. The quantitative estimate of drug-likeness (QED) is 0.208. The van der Waals surface area contributed by atoms with Crippen molar-refractivity contribution in [3.8, 4) is 17.2 Å². The van der Waals surface area contributed by atoms with E-state index in [1.807, 2.05) is 0 Å². The van der Waals surface area contributed by atoms with Crippen molar-refractivity contribution >= 4 is 22.0 Å². The van der Waals surface area contributed by atoms with E-state index in [4.69, 9.17) is 32.8 Å². The summed E-state index contributed by atoms with van der Waals surface area (Å²) >= 11 is 0. The molecule has 2 aromatic heterocycles. The number of hydrogen-bond acceptors (Lipinski definition) is 14. The van der Waals surface area contributed by atoms with Crippen molar-refractivity contribution in [2.75, 3.05) is 20.8 Å². The van der Waals surface area contributed by atoms with Gasteiger partial charge in [0.1, 0.15) is 54.0 Å². The summed E-state index contributed by atoms with van der Waals surface area (Å²) < 4.78 is 39.3. The minimum absolute atomic E-state index is 0.143. The molecule has 214 valence electrons. The molecule has 2 aliphatic rings. The first-order valence-corrected chi connectivity index (χ1v) is 12.3. The molecule has 6 N–H and O–H groups in total. The fourth-order valence-corrected chi connectivity index (χ4v) is 4.88. The molecule has 4 heterocycles. The Labute approximate surface area is 221 Å². The molecule has 5 rings (SSSR count). The number of fused-ring (bicyclic) bond motifs is 2. The molecular weight excluding hydrogens is 522 g/mol. The first-order valence-electron chi connectivity index (χ1n) is 12.3. The Morgan fingerprint density at radius 3 is 2.26 bits per heavy atom. The highest BCUT2D eigenvalue weighted by atomic mass is 16.7. The zero-order valence-corrected chi connectivity index (χ0v) is 21.3. The lowest BCUT2D eigenvalue weighted by molar-refractivity contribution is -0.350. The molecule has 39 heavy (non-hydrogen) atoms. The van der Waals surface area contributed by atoms with Gasteiger partial charge in [-0.05, 0) is 25.1 Å². The average Bonchev–Trinajstić information content (AvgIpc) is 3.40. The predicted molar refractivity (Wildman–Crippen MR) is 130 cm³/mol. The van der Waals surface area contributed by atoms with Crippen LogP contribution in [-0.2, 0) is 14.2 Å². The maximum atomic E-state index is 11.1. The van der Waals surface area contributed by atoms with Crippen molar-refractivity contribution in [1.29, 1.82) is 0 Å². The number of hydrogen-bond donors (Lipinski definition) is 6. The summed E-state index contributed by atoms with van der Waals surface area (Å²) in [6, 6.07) is 5.00. The third-order valence-electron chi connectivity index (χ3n) is 7.02. The van der Waals surface area contributed by atoms with Crippen molar-refractivity contribution in [2.24, 2.45) is 0 Å². The number of rotatable bonds is 7. The third kappa shape index (κ3) is 4.77. The zero-order chi connectivity index (χ0) is 28.0. The Bertz CT molecular complexity index is 1300. The molecule has 1 aromatic carbocycles. The van der Waals surface area contributed by atoms with Crippen LogP contribution in [-0.4, -0.2) is 118 Å². The van der Waals surface area contributed by atoms with Gasteiger partial charge in [-0.3, -0.25) is 0 Å². The number of furan rings is 1. The molecule has 2 aliphatic heterocycles. The number of pyridine rings is 1. The lowest BCUT2D eigenvalue weighted by atomic mass is 9.97. The van der Waals surface area contributed by atoms with Gasteiger partial charge in [0, 0.05) is 5.39 Å². The fourth-order valence-electron chi connectivity index (χ4n) is 4.88. The highest BCUT2D eigenvalue weighted by molar-refractivity contribution is 6.02. The largest absolute Gasteiger partial charge is 0.495 e. The number of aliphatic hydroxyl groups is 6. The van der Waals surface area contributed by atoms with Crippen LogP contribution < -0.4 is 14.2 Å². The van der Waals surface area contributed by atoms with Crippen LogP contribution in [0.5, 0.6) is 17.2 Å². The topological polar surface area (TPSA) is 203 Å². The van der Waals surface area contributed by atoms with Crippen LogP contribution >= 0.6 is 0 Å². The predicted octanol–water partition coefficient (Wildman–Crippen LogP) is -0.971. The summed E-state index contributed by atoms with van der Waals surface area (Å²) in [4.78, 5) is 4.52. The van der Waals surface area contributed by atoms with Crippen LogP contribution in [0.25, 0.3) is 22.0 Å². The van der Waals surface area contributed by atoms with Crippen LogP contribution in [0.1, 0.15) is 6.92 Å². The second kappa shape index (κ2) is 11.0. The molecule has 0 amide bonds. The standard InChI is InChI=1S/C25H31NO13/c1-9-15(28)22(39-24-18(31)17(30)16(29)13(8-27)38-24)19(32)25(36-9)37-12-5-4-10-14(21(12)34-3)26-23-11(6-7-35-23)20(10)33-2/h4-7,9,13,15-19,22,24-25,27-32H,8H2,1-3H3. The van der Waals surface area contributed by atoms with Gasteiger partial charge in [-0.25, -0.2) is 4.98 Å². The molecular formula is C25H31NO13. The molecule has 14 nitrogen and oxygen atoms in total. The van der Waals surface area contributed by atoms with Gasteiger partial charge >= 0.3 is 0 Å². The molecule has 14 heteroatoms. The van der Waals surface area contributed by atoms with E-state index in [-0.39, 0.29) is 11.5 Å². The number of methoxy groups -OCH3 is 2. The summed E-state index contributed by atoms with van der Waals surface area (Å²) in [5.41, 5.74) is 0.676. The Morgan fingerprint density at radius 2 is 1.56 bits per heavy atom. The van der Waals surface area contributed by atoms with Crippen molar-refractivity contribution in [3.63, 3.8) is 0 Å². The van der Waals surface area contributed by atoms with Crippen molar-refractivity contribution < 1.29 is 63.5 Å². The van der Waals surface area contributed by atoms with Crippen LogP contribution in [0.4, 0.5) is 0 Å². The van der Waals surface area contributed by atoms with Crippen LogP contribution in [0.15, 0.2) is 28.9 Å². The fraction of sp³-hybridized carbons (Fsp3) is 0.560. The molecule has 3 aromatic rings. The number of aromatic nitrogens is 1. The lowest BCUT2D eigenvalue weighted by Crippen LogP contribution is -2.64. The molecule has 2 fully saturated rings. The van der Waals surface area contributed by atoms with Crippen LogP contribution in [0, 0.1) is 0 Å². The minimum Gasteiger partial charge on any atom is -0.495 e. The summed E-state index contributed by atoms with van der Waals surface area (Å²) in [5.74, 6) is 0.863. The Hall–Kier alpha value is -2.79. The Morgan fingerprint density at radius 1 is 0.821 bits per heavy atom. The molecule has 0 radical (unpaired) electrons. The SMILES string of the molecule is COc1c2ccoc2nc2c(OC)c(OC3OC(C)C(O)C(OC4OC(CO)C(O)C(O)C4O)C3O)ccc12. The highest BCUT2D eigenvalue weighted by Gasteiger charge is 2.50. The van der Waals surface area contributed by atoms with Crippen LogP contribution in [0.2, 0.25) is 0 Å². The number of aliphatic hydroxyl groups excluding tert-OH is 6. The van der Waals surface area contributed by atoms with E-state index >= 15 is 0 Å². The van der Waals surface area contributed by atoms with Gasteiger partial charge in [0.05, 0.1) is 38.6 Å². The Balaban J connectivity index is 1.43. The van der Waals surface area contributed by atoms with Crippen molar-refractivity contribution in [3.05, 3.63) is 24.5 Å². The van der Waals surface area contributed by atoms with E-state index in [1.165, 1.54) is 27.4 Å². The first kappa shape index (κ1) is 27.8. The number of ether oxygens (including phenoxy) is 6. The smallest absolute Gasteiger partial charge is 0.230 e. The van der Waals surface area contributed by atoms with E-state index in [2.05, 4.69) is 4.98 Å². The van der Waals surface area contributed by atoms with E-state index in [1.54, 1.807) is 18.2 Å². The van der Waals surface area contributed by atoms with Gasteiger partial charge in [0.2, 0.25) is 12.0 Å². The summed E-state index contributed by atoms with van der Waals surface area (Å²) in [6.07, 6.45) is -13.1. The van der Waals surface area contributed by atoms with Gasteiger partial charge in [0.25, 0.3) is 0 Å². The zero-order valence-electron chi connectivity index (χ0n) is 21.3. The maximum Gasteiger partial charge on any atom is 0.230 e. The second-order valence-corrected chi connectivity index (χ2v) is 9.38. The second-order valence-electron chi connectivity index (χ2n) is 9.38. The van der Waals surface area contributed by atoms with E-state index in [0.29, 0.717) is 27.8 Å². The molecule has 0 aliphatic carbocycles.